The zero-order valence-electron chi connectivity index (χ0n) is 14.8. The maximum absolute atomic E-state index is 12.5. The zero-order valence-corrected chi connectivity index (χ0v) is 14.8. The molecule has 0 saturated carbocycles. The second-order valence-corrected chi connectivity index (χ2v) is 6.70. The summed E-state index contributed by atoms with van der Waals surface area (Å²) in [6.45, 7) is 5.70. The SMILES string of the molecule is COC(=O)C(NC(=O)[C@H]1CCN1C(=O)OC(C)(C)C)c1ccccn1. The number of carbonyl (C=O) groups excluding carboxylic acids is 3. The first-order chi connectivity index (χ1) is 11.7. The molecule has 1 fully saturated rings. The monoisotopic (exact) mass is 349 g/mol. The Bertz CT molecular complexity index is 641. The number of nitrogens with zero attached hydrogens (tertiary/aromatic N) is 2. The van der Waals surface area contributed by atoms with Crippen molar-refractivity contribution >= 4 is 18.0 Å². The molecular formula is C17H23N3O5. The van der Waals surface area contributed by atoms with Gasteiger partial charge in [-0.3, -0.25) is 14.7 Å². The van der Waals surface area contributed by atoms with Crippen LogP contribution >= 0.6 is 0 Å². The topological polar surface area (TPSA) is 97.8 Å². The number of amides is 2. The van der Waals surface area contributed by atoms with Crippen LogP contribution < -0.4 is 5.32 Å². The van der Waals surface area contributed by atoms with Crippen LogP contribution in [-0.2, 0) is 19.1 Å². The van der Waals surface area contributed by atoms with E-state index in [9.17, 15) is 14.4 Å². The Labute approximate surface area is 146 Å². The van der Waals surface area contributed by atoms with Crippen molar-refractivity contribution in [2.45, 2.75) is 44.9 Å². The molecule has 25 heavy (non-hydrogen) atoms. The number of pyridine rings is 1. The van der Waals surface area contributed by atoms with Gasteiger partial charge in [-0.2, -0.15) is 0 Å². The molecule has 0 spiro atoms. The highest BCUT2D eigenvalue weighted by atomic mass is 16.6. The van der Waals surface area contributed by atoms with Crippen LogP contribution in [0.3, 0.4) is 0 Å². The molecule has 1 aromatic heterocycles. The number of nitrogens with one attached hydrogen (secondary N) is 1. The van der Waals surface area contributed by atoms with E-state index in [4.69, 9.17) is 9.47 Å². The average molecular weight is 349 g/mol. The van der Waals surface area contributed by atoms with E-state index >= 15 is 0 Å². The smallest absolute Gasteiger partial charge is 0.410 e. The lowest BCUT2D eigenvalue weighted by molar-refractivity contribution is -0.146. The van der Waals surface area contributed by atoms with E-state index in [0.29, 0.717) is 18.7 Å². The second kappa shape index (κ2) is 7.50. The Morgan fingerprint density at radius 3 is 2.52 bits per heavy atom. The van der Waals surface area contributed by atoms with Crippen molar-refractivity contribution in [2.24, 2.45) is 0 Å². The van der Waals surface area contributed by atoms with Gasteiger partial charge in [0.1, 0.15) is 11.6 Å². The molecule has 2 amide bonds. The van der Waals surface area contributed by atoms with Crippen molar-refractivity contribution in [1.29, 1.82) is 0 Å². The van der Waals surface area contributed by atoms with Gasteiger partial charge in [-0.05, 0) is 39.3 Å². The molecule has 0 radical (unpaired) electrons. The van der Waals surface area contributed by atoms with Gasteiger partial charge in [0, 0.05) is 12.7 Å². The third-order valence-corrected chi connectivity index (χ3v) is 3.66. The molecule has 2 heterocycles. The van der Waals surface area contributed by atoms with E-state index in [1.54, 1.807) is 39.0 Å². The van der Waals surface area contributed by atoms with Gasteiger partial charge in [0.25, 0.3) is 0 Å². The van der Waals surface area contributed by atoms with Crippen molar-refractivity contribution in [3.63, 3.8) is 0 Å². The highest BCUT2D eigenvalue weighted by molar-refractivity contribution is 5.91. The summed E-state index contributed by atoms with van der Waals surface area (Å²) in [5.41, 5.74) is -0.276. The van der Waals surface area contributed by atoms with Gasteiger partial charge in [0.2, 0.25) is 5.91 Å². The van der Waals surface area contributed by atoms with Gasteiger partial charge in [-0.1, -0.05) is 6.07 Å². The maximum atomic E-state index is 12.5. The van der Waals surface area contributed by atoms with Crippen LogP contribution in [0.2, 0.25) is 0 Å². The molecule has 136 valence electrons. The van der Waals surface area contributed by atoms with E-state index in [0.717, 1.165) is 0 Å². The molecule has 0 aromatic carbocycles. The quantitative estimate of drug-likeness (QED) is 0.826. The fourth-order valence-corrected chi connectivity index (χ4v) is 2.36. The number of esters is 1. The van der Waals surface area contributed by atoms with E-state index in [1.807, 2.05) is 0 Å². The molecule has 2 atom stereocenters. The van der Waals surface area contributed by atoms with Crippen LogP contribution in [0, 0.1) is 0 Å². The second-order valence-electron chi connectivity index (χ2n) is 6.70. The molecule has 1 aliphatic heterocycles. The molecule has 1 aliphatic rings. The first kappa shape index (κ1) is 18.7. The number of hydrogen-bond donors (Lipinski definition) is 1. The molecular weight excluding hydrogens is 326 g/mol. The van der Waals surface area contributed by atoms with Crippen molar-refractivity contribution in [3.05, 3.63) is 30.1 Å². The van der Waals surface area contributed by atoms with Gasteiger partial charge in [0.05, 0.1) is 12.8 Å². The van der Waals surface area contributed by atoms with Crippen LogP contribution in [-0.4, -0.2) is 53.2 Å². The summed E-state index contributed by atoms with van der Waals surface area (Å²) >= 11 is 0. The van der Waals surface area contributed by atoms with Gasteiger partial charge < -0.3 is 14.8 Å². The predicted octanol–water partition coefficient (Wildman–Crippen LogP) is 1.42. The number of aromatic nitrogens is 1. The molecule has 1 unspecified atom stereocenters. The zero-order chi connectivity index (χ0) is 18.6. The predicted molar refractivity (Wildman–Crippen MR) is 88.5 cm³/mol. The van der Waals surface area contributed by atoms with E-state index in [-0.39, 0.29) is 0 Å². The highest BCUT2D eigenvalue weighted by Crippen LogP contribution is 2.22. The van der Waals surface area contributed by atoms with Gasteiger partial charge in [0.15, 0.2) is 6.04 Å². The first-order valence-corrected chi connectivity index (χ1v) is 8.01. The maximum Gasteiger partial charge on any atom is 0.410 e. The molecule has 0 bridgehead atoms. The Hall–Kier alpha value is -2.64. The minimum atomic E-state index is -1.03. The molecule has 1 N–H and O–H groups in total. The number of rotatable bonds is 4. The van der Waals surface area contributed by atoms with Crippen molar-refractivity contribution < 1.29 is 23.9 Å². The van der Waals surface area contributed by atoms with Gasteiger partial charge in [-0.15, -0.1) is 0 Å². The number of carbonyl (C=O) groups is 3. The standard InChI is InChI=1S/C17H23N3O5/c1-17(2,3)25-16(23)20-10-8-12(20)14(21)19-13(15(22)24-4)11-7-5-6-9-18-11/h5-7,9,12-13H,8,10H2,1-4H3,(H,19,21)/t12-,13?/m1/s1. The van der Waals surface area contributed by atoms with Crippen molar-refractivity contribution in [1.82, 2.24) is 15.2 Å². The summed E-state index contributed by atoms with van der Waals surface area (Å²) in [5, 5.41) is 2.61. The van der Waals surface area contributed by atoms with E-state index in [2.05, 4.69) is 10.3 Å². The molecule has 1 aromatic rings. The lowest BCUT2D eigenvalue weighted by Crippen LogP contribution is -2.59. The lowest BCUT2D eigenvalue weighted by Gasteiger charge is -2.40. The summed E-state index contributed by atoms with van der Waals surface area (Å²) in [6, 6.07) is 3.33. The first-order valence-electron chi connectivity index (χ1n) is 8.01. The summed E-state index contributed by atoms with van der Waals surface area (Å²) in [4.78, 5) is 42.1. The van der Waals surface area contributed by atoms with Crippen LogP contribution in [0.1, 0.15) is 38.9 Å². The van der Waals surface area contributed by atoms with E-state index < -0.39 is 35.7 Å². The summed E-state index contributed by atoms with van der Waals surface area (Å²) in [7, 11) is 1.24. The summed E-state index contributed by atoms with van der Waals surface area (Å²) in [5.74, 6) is -1.08. The normalized spacial score (nSPS) is 17.9. The molecule has 8 nitrogen and oxygen atoms in total. The molecule has 0 aliphatic carbocycles. The molecule has 1 saturated heterocycles. The van der Waals surface area contributed by atoms with Gasteiger partial charge >= 0.3 is 12.1 Å². The molecule has 2 rings (SSSR count). The van der Waals surface area contributed by atoms with Gasteiger partial charge in [-0.25, -0.2) is 9.59 Å². The fourth-order valence-electron chi connectivity index (χ4n) is 2.36. The Morgan fingerprint density at radius 2 is 2.04 bits per heavy atom. The minimum absolute atomic E-state index is 0.367. The fraction of sp³-hybridized carbons (Fsp3) is 0.529. The Balaban J connectivity index is 2.06. The van der Waals surface area contributed by atoms with Crippen LogP contribution in [0.5, 0.6) is 0 Å². The average Bonchev–Trinajstić information content (AvgIpc) is 2.49. The number of ether oxygens (including phenoxy) is 2. The number of methoxy groups -OCH3 is 1. The minimum Gasteiger partial charge on any atom is -0.467 e. The molecule has 8 heteroatoms. The van der Waals surface area contributed by atoms with E-state index in [1.165, 1.54) is 18.2 Å². The highest BCUT2D eigenvalue weighted by Gasteiger charge is 2.41. The third kappa shape index (κ3) is 4.68. The lowest BCUT2D eigenvalue weighted by atomic mass is 10.0. The van der Waals surface area contributed by atoms with Crippen LogP contribution in [0.25, 0.3) is 0 Å². The third-order valence-electron chi connectivity index (χ3n) is 3.66. The summed E-state index contributed by atoms with van der Waals surface area (Å²) in [6.07, 6.45) is 1.47. The number of hydrogen-bond acceptors (Lipinski definition) is 6. The Kier molecular flexibility index (Phi) is 5.61. The number of likely N-dealkylation sites (tertiary alicyclic amines) is 1. The van der Waals surface area contributed by atoms with Crippen LogP contribution in [0.4, 0.5) is 4.79 Å². The van der Waals surface area contributed by atoms with Crippen LogP contribution in [0.15, 0.2) is 24.4 Å². The largest absolute Gasteiger partial charge is 0.467 e. The summed E-state index contributed by atoms with van der Waals surface area (Å²) < 4.78 is 10.0. The Morgan fingerprint density at radius 1 is 1.32 bits per heavy atom. The van der Waals surface area contributed by atoms with Crippen molar-refractivity contribution in [2.75, 3.05) is 13.7 Å². The van der Waals surface area contributed by atoms with Crippen molar-refractivity contribution in [3.8, 4) is 0 Å².